The summed E-state index contributed by atoms with van der Waals surface area (Å²) in [5.74, 6) is 0.849. The normalized spacial score (nSPS) is 14.9. The van der Waals surface area contributed by atoms with E-state index in [-0.39, 0.29) is 17.6 Å². The van der Waals surface area contributed by atoms with Crippen molar-refractivity contribution >= 4 is 23.4 Å². The van der Waals surface area contributed by atoms with Crippen LogP contribution in [0.1, 0.15) is 29.5 Å². The lowest BCUT2D eigenvalue weighted by Crippen LogP contribution is -2.37. The zero-order chi connectivity index (χ0) is 22.3. The average molecular weight is 449 g/mol. The van der Waals surface area contributed by atoms with Crippen LogP contribution in [0, 0.1) is 18.7 Å². The van der Waals surface area contributed by atoms with E-state index in [1.807, 2.05) is 36.0 Å². The van der Waals surface area contributed by atoms with Gasteiger partial charge in [-0.15, -0.1) is 11.8 Å². The fraction of sp³-hybridized carbons (Fsp3) is 0.296. The lowest BCUT2D eigenvalue weighted by atomic mass is 9.95. The molecular weight excluding hydrogens is 419 g/mol. The second-order valence-electron chi connectivity index (χ2n) is 8.42. The van der Waals surface area contributed by atoms with E-state index in [4.69, 9.17) is 0 Å². The molecule has 0 bridgehead atoms. The van der Waals surface area contributed by atoms with E-state index in [0.717, 1.165) is 55.0 Å². The molecule has 0 aromatic heterocycles. The first-order valence-corrected chi connectivity index (χ1v) is 12.1. The number of benzene rings is 3. The van der Waals surface area contributed by atoms with Gasteiger partial charge < -0.3 is 5.32 Å². The number of halogens is 1. The monoisotopic (exact) mass is 448 g/mol. The molecule has 1 N–H and O–H groups in total. The van der Waals surface area contributed by atoms with Gasteiger partial charge in [-0.3, -0.25) is 9.69 Å². The molecule has 32 heavy (non-hydrogen) atoms. The van der Waals surface area contributed by atoms with E-state index in [1.54, 1.807) is 0 Å². The molecule has 166 valence electrons. The third kappa shape index (κ3) is 6.21. The quantitative estimate of drug-likeness (QED) is 0.432. The average Bonchev–Trinajstić information content (AvgIpc) is 2.82. The zero-order valence-corrected chi connectivity index (χ0v) is 19.2. The summed E-state index contributed by atoms with van der Waals surface area (Å²) < 4.78 is 13.1. The fourth-order valence-electron chi connectivity index (χ4n) is 4.08. The molecule has 0 saturated carbocycles. The second kappa shape index (κ2) is 10.8. The molecule has 1 saturated heterocycles. The number of thioether (sulfide) groups is 1. The molecule has 0 aliphatic carbocycles. The second-order valence-corrected chi connectivity index (χ2v) is 9.47. The summed E-state index contributed by atoms with van der Waals surface area (Å²) >= 11 is 1.82. The van der Waals surface area contributed by atoms with Gasteiger partial charge in [-0.1, -0.05) is 42.5 Å². The molecular formula is C27H29FN2OS. The Balaban J connectivity index is 1.26. The van der Waals surface area contributed by atoms with Crippen LogP contribution in [0.4, 0.5) is 10.1 Å². The Morgan fingerprint density at radius 1 is 1.00 bits per heavy atom. The zero-order valence-electron chi connectivity index (χ0n) is 18.4. The number of hydrogen-bond donors (Lipinski definition) is 1. The van der Waals surface area contributed by atoms with Crippen molar-refractivity contribution in [2.75, 3.05) is 18.4 Å². The van der Waals surface area contributed by atoms with Gasteiger partial charge in [0.2, 0.25) is 5.91 Å². The minimum atomic E-state index is -0.206. The molecule has 3 aromatic carbocycles. The number of carbonyl (C=O) groups excluding carboxylic acids is 1. The van der Waals surface area contributed by atoms with Gasteiger partial charge in [-0.05, 0) is 79.9 Å². The van der Waals surface area contributed by atoms with Gasteiger partial charge >= 0.3 is 0 Å². The maximum absolute atomic E-state index is 13.1. The number of piperidine rings is 1. The van der Waals surface area contributed by atoms with E-state index < -0.39 is 0 Å². The molecule has 3 nitrogen and oxygen atoms in total. The number of aryl methyl sites for hydroxylation is 1. The number of rotatable bonds is 7. The van der Waals surface area contributed by atoms with E-state index >= 15 is 0 Å². The van der Waals surface area contributed by atoms with E-state index in [2.05, 4.69) is 53.5 Å². The number of anilines is 1. The number of nitrogens with zero attached hydrogens (tertiary/aromatic N) is 1. The largest absolute Gasteiger partial charge is 0.326 e. The van der Waals surface area contributed by atoms with Crippen LogP contribution in [0.3, 0.4) is 0 Å². The van der Waals surface area contributed by atoms with Gasteiger partial charge in [0, 0.05) is 28.8 Å². The number of likely N-dealkylation sites (tertiary alicyclic amines) is 1. The number of nitrogens with one attached hydrogen (secondary N) is 1. The summed E-state index contributed by atoms with van der Waals surface area (Å²) in [7, 11) is 0. The summed E-state index contributed by atoms with van der Waals surface area (Å²) in [5.41, 5.74) is 4.36. The predicted molar refractivity (Wildman–Crippen MR) is 130 cm³/mol. The van der Waals surface area contributed by atoms with Gasteiger partial charge in [0.15, 0.2) is 0 Å². The molecule has 3 aromatic rings. The number of amides is 1. The van der Waals surface area contributed by atoms with Crippen LogP contribution < -0.4 is 5.32 Å². The van der Waals surface area contributed by atoms with Crippen LogP contribution >= 0.6 is 11.8 Å². The van der Waals surface area contributed by atoms with Crippen LogP contribution in [0.25, 0.3) is 0 Å². The van der Waals surface area contributed by atoms with Crippen molar-refractivity contribution in [3.8, 4) is 0 Å². The van der Waals surface area contributed by atoms with E-state index in [1.165, 1.54) is 22.6 Å². The molecule has 0 spiro atoms. The molecule has 1 aliphatic heterocycles. The highest BCUT2D eigenvalue weighted by Gasteiger charge is 2.25. The maximum Gasteiger partial charge on any atom is 0.227 e. The Bertz CT molecular complexity index is 1030. The van der Waals surface area contributed by atoms with Gasteiger partial charge in [0.25, 0.3) is 0 Å². The summed E-state index contributed by atoms with van der Waals surface area (Å²) in [6.07, 6.45) is 1.69. The molecule has 0 unspecified atom stereocenters. The predicted octanol–water partition coefficient (Wildman–Crippen LogP) is 6.28. The summed E-state index contributed by atoms with van der Waals surface area (Å²) in [4.78, 5) is 16.4. The Morgan fingerprint density at radius 3 is 2.38 bits per heavy atom. The smallest absolute Gasteiger partial charge is 0.227 e. The topological polar surface area (TPSA) is 32.3 Å². The first-order valence-electron chi connectivity index (χ1n) is 11.1. The lowest BCUT2D eigenvalue weighted by Gasteiger charge is -2.31. The first kappa shape index (κ1) is 22.6. The van der Waals surface area contributed by atoms with Gasteiger partial charge in [0.1, 0.15) is 5.82 Å². The Hall–Kier alpha value is -2.63. The molecule has 5 heteroatoms. The van der Waals surface area contributed by atoms with Crippen molar-refractivity contribution in [1.82, 2.24) is 4.90 Å². The number of hydrogen-bond acceptors (Lipinski definition) is 3. The van der Waals surface area contributed by atoms with Crippen molar-refractivity contribution in [3.63, 3.8) is 0 Å². The Morgan fingerprint density at radius 2 is 1.69 bits per heavy atom. The van der Waals surface area contributed by atoms with Gasteiger partial charge in [-0.2, -0.15) is 0 Å². The first-order chi connectivity index (χ1) is 15.6. The lowest BCUT2D eigenvalue weighted by molar-refractivity contribution is -0.121. The third-order valence-corrected chi connectivity index (χ3v) is 7.06. The van der Waals surface area contributed by atoms with Crippen molar-refractivity contribution in [1.29, 1.82) is 0 Å². The summed E-state index contributed by atoms with van der Waals surface area (Å²) in [6.45, 7) is 4.61. The molecule has 1 heterocycles. The minimum absolute atomic E-state index is 0.0344. The molecule has 1 aliphatic rings. The van der Waals surface area contributed by atoms with Crippen LogP contribution in [0.5, 0.6) is 0 Å². The molecule has 0 radical (unpaired) electrons. The highest BCUT2D eigenvalue weighted by molar-refractivity contribution is 7.98. The molecule has 1 fully saturated rings. The van der Waals surface area contributed by atoms with Crippen LogP contribution in [0.2, 0.25) is 0 Å². The van der Waals surface area contributed by atoms with Crippen molar-refractivity contribution in [2.45, 2.75) is 37.0 Å². The summed E-state index contributed by atoms with van der Waals surface area (Å²) in [6, 6.07) is 23.3. The SMILES string of the molecule is Cc1cc(CSc2ccccc2)ccc1NC(=O)C1CCN(Cc2ccc(F)cc2)CC1. The van der Waals surface area contributed by atoms with Crippen LogP contribution in [0.15, 0.2) is 77.7 Å². The third-order valence-electron chi connectivity index (χ3n) is 5.98. The Kier molecular flexibility index (Phi) is 7.61. The van der Waals surface area contributed by atoms with Gasteiger partial charge in [-0.25, -0.2) is 4.39 Å². The van der Waals surface area contributed by atoms with Crippen molar-refractivity contribution in [2.24, 2.45) is 5.92 Å². The highest BCUT2D eigenvalue weighted by atomic mass is 32.2. The molecule has 4 rings (SSSR count). The van der Waals surface area contributed by atoms with Gasteiger partial charge in [0.05, 0.1) is 0 Å². The van der Waals surface area contributed by atoms with Crippen LogP contribution in [-0.2, 0) is 17.1 Å². The molecule has 1 amide bonds. The van der Waals surface area contributed by atoms with Crippen molar-refractivity contribution < 1.29 is 9.18 Å². The molecule has 0 atom stereocenters. The maximum atomic E-state index is 13.1. The number of carbonyl (C=O) groups is 1. The minimum Gasteiger partial charge on any atom is -0.326 e. The van der Waals surface area contributed by atoms with E-state index in [9.17, 15) is 9.18 Å². The Labute approximate surface area is 194 Å². The highest BCUT2D eigenvalue weighted by Crippen LogP contribution is 2.26. The fourth-order valence-corrected chi connectivity index (χ4v) is 4.94. The summed E-state index contributed by atoms with van der Waals surface area (Å²) in [5, 5.41) is 3.15. The standard InChI is InChI=1S/C27H29FN2OS/c1-20-17-22(19-32-25-5-3-2-4-6-25)9-12-26(20)29-27(31)23-13-15-30(16-14-23)18-21-7-10-24(28)11-8-21/h2-12,17,23H,13-16,18-19H2,1H3,(H,29,31). The van der Waals surface area contributed by atoms with Crippen molar-refractivity contribution in [3.05, 3.63) is 95.3 Å². The van der Waals surface area contributed by atoms with Crippen LogP contribution in [-0.4, -0.2) is 23.9 Å². The van der Waals surface area contributed by atoms with E-state index in [0.29, 0.717) is 0 Å².